The monoisotopic (exact) mass is 257 g/mol. The average molecular weight is 257 g/mol. The van der Waals surface area contributed by atoms with Crippen molar-refractivity contribution >= 4 is 12.1 Å². The van der Waals surface area contributed by atoms with Crippen LogP contribution in [0.3, 0.4) is 0 Å². The predicted octanol–water partition coefficient (Wildman–Crippen LogP) is 2.05. The van der Waals surface area contributed by atoms with Crippen molar-refractivity contribution in [2.24, 2.45) is 11.8 Å². The molecule has 0 saturated carbocycles. The van der Waals surface area contributed by atoms with Crippen LogP contribution < -0.4 is 0 Å². The summed E-state index contributed by atoms with van der Waals surface area (Å²) in [4.78, 5) is 25.0. The molecule has 2 unspecified atom stereocenters. The van der Waals surface area contributed by atoms with E-state index in [2.05, 4.69) is 0 Å². The molecule has 1 heterocycles. The third-order valence-corrected chi connectivity index (χ3v) is 3.44. The second kappa shape index (κ2) is 7.24. The molecule has 104 valence electrons. The summed E-state index contributed by atoms with van der Waals surface area (Å²) >= 11 is 0. The second-order valence-electron chi connectivity index (χ2n) is 4.81. The van der Waals surface area contributed by atoms with Crippen LogP contribution in [0, 0.1) is 11.8 Å². The van der Waals surface area contributed by atoms with Crippen LogP contribution in [-0.4, -0.2) is 43.8 Å². The van der Waals surface area contributed by atoms with Crippen LogP contribution in [0.5, 0.6) is 0 Å². The maximum absolute atomic E-state index is 11.8. The highest BCUT2D eigenvalue weighted by molar-refractivity contribution is 5.75. The summed E-state index contributed by atoms with van der Waals surface area (Å²) in [6.45, 7) is 5.56. The summed E-state index contributed by atoms with van der Waals surface area (Å²) in [5.74, 6) is -0.229. The van der Waals surface area contributed by atoms with Crippen molar-refractivity contribution in [2.45, 2.75) is 33.1 Å². The zero-order valence-electron chi connectivity index (χ0n) is 11.5. The number of carbonyl (C=O) groups is 2. The van der Waals surface area contributed by atoms with Crippen molar-refractivity contribution in [3.05, 3.63) is 0 Å². The number of likely N-dealkylation sites (tertiary alicyclic amines) is 1. The first-order valence-corrected chi connectivity index (χ1v) is 6.59. The second-order valence-corrected chi connectivity index (χ2v) is 4.81. The zero-order chi connectivity index (χ0) is 13.5. The van der Waals surface area contributed by atoms with E-state index in [4.69, 9.17) is 9.47 Å². The molecule has 1 aliphatic heterocycles. The number of hydrogen-bond acceptors (Lipinski definition) is 4. The molecule has 1 saturated heterocycles. The Morgan fingerprint density at radius 2 is 2.11 bits per heavy atom. The van der Waals surface area contributed by atoms with Gasteiger partial charge in [-0.15, -0.1) is 0 Å². The van der Waals surface area contributed by atoms with Gasteiger partial charge in [-0.1, -0.05) is 20.3 Å². The highest BCUT2D eigenvalue weighted by Crippen LogP contribution is 2.24. The Kier molecular flexibility index (Phi) is 5.95. The van der Waals surface area contributed by atoms with Gasteiger partial charge in [0.15, 0.2) is 0 Å². The highest BCUT2D eigenvalue weighted by Gasteiger charge is 2.34. The average Bonchev–Trinajstić information content (AvgIpc) is 2.38. The first kappa shape index (κ1) is 14.8. The SMILES string of the molecule is CCCCOC(=O)N1CCC(C)C(C(=O)OC)C1. The number of rotatable bonds is 4. The number of piperidine rings is 1. The Hall–Kier alpha value is -1.26. The molecule has 0 radical (unpaired) electrons. The minimum Gasteiger partial charge on any atom is -0.469 e. The van der Waals surface area contributed by atoms with Gasteiger partial charge in [0.2, 0.25) is 0 Å². The molecule has 0 aromatic rings. The molecule has 18 heavy (non-hydrogen) atoms. The Bertz CT molecular complexity index is 293. The van der Waals surface area contributed by atoms with Crippen LogP contribution in [0.2, 0.25) is 0 Å². The minimum absolute atomic E-state index is 0.234. The molecule has 1 fully saturated rings. The van der Waals surface area contributed by atoms with Gasteiger partial charge < -0.3 is 14.4 Å². The zero-order valence-corrected chi connectivity index (χ0v) is 11.5. The van der Waals surface area contributed by atoms with Crippen molar-refractivity contribution in [1.29, 1.82) is 0 Å². The Balaban J connectivity index is 2.48. The Morgan fingerprint density at radius 1 is 1.39 bits per heavy atom. The summed E-state index contributed by atoms with van der Waals surface area (Å²) in [6, 6.07) is 0. The van der Waals surface area contributed by atoms with E-state index in [0.717, 1.165) is 19.3 Å². The van der Waals surface area contributed by atoms with Gasteiger partial charge in [-0.25, -0.2) is 4.79 Å². The summed E-state index contributed by atoms with van der Waals surface area (Å²) in [7, 11) is 1.38. The number of esters is 1. The van der Waals surface area contributed by atoms with Gasteiger partial charge in [-0.05, 0) is 18.8 Å². The first-order chi connectivity index (χ1) is 8.60. The van der Waals surface area contributed by atoms with Crippen LogP contribution in [0.4, 0.5) is 4.79 Å². The van der Waals surface area contributed by atoms with E-state index in [1.54, 1.807) is 4.90 Å². The maximum Gasteiger partial charge on any atom is 0.409 e. The van der Waals surface area contributed by atoms with Crippen LogP contribution in [0.15, 0.2) is 0 Å². The summed E-state index contributed by atoms with van der Waals surface area (Å²) in [5.41, 5.74) is 0. The van der Waals surface area contributed by atoms with Crippen molar-refractivity contribution < 1.29 is 19.1 Å². The van der Waals surface area contributed by atoms with Gasteiger partial charge >= 0.3 is 12.1 Å². The maximum atomic E-state index is 11.8. The molecule has 1 aliphatic rings. The lowest BCUT2D eigenvalue weighted by atomic mass is 9.87. The van der Waals surface area contributed by atoms with E-state index >= 15 is 0 Å². The van der Waals surface area contributed by atoms with E-state index in [1.165, 1.54) is 7.11 Å². The summed E-state index contributed by atoms with van der Waals surface area (Å²) < 4.78 is 9.92. The topological polar surface area (TPSA) is 55.8 Å². The van der Waals surface area contributed by atoms with Gasteiger partial charge in [-0.3, -0.25) is 4.79 Å². The lowest BCUT2D eigenvalue weighted by molar-refractivity contribution is -0.149. The first-order valence-electron chi connectivity index (χ1n) is 6.59. The lowest BCUT2D eigenvalue weighted by Gasteiger charge is -2.34. The molecule has 5 heteroatoms. The fourth-order valence-corrected chi connectivity index (χ4v) is 2.09. The normalized spacial score (nSPS) is 23.6. The number of methoxy groups -OCH3 is 1. The third kappa shape index (κ3) is 3.89. The van der Waals surface area contributed by atoms with E-state index < -0.39 is 0 Å². The molecule has 0 aromatic carbocycles. The molecule has 0 spiro atoms. The molecular formula is C13H23NO4. The lowest BCUT2D eigenvalue weighted by Crippen LogP contribution is -2.46. The van der Waals surface area contributed by atoms with Gasteiger partial charge in [0.25, 0.3) is 0 Å². The molecule has 0 aromatic heterocycles. The van der Waals surface area contributed by atoms with Crippen LogP contribution >= 0.6 is 0 Å². The van der Waals surface area contributed by atoms with Gasteiger partial charge in [0.05, 0.1) is 19.6 Å². The fourth-order valence-electron chi connectivity index (χ4n) is 2.09. The van der Waals surface area contributed by atoms with E-state index in [-0.39, 0.29) is 23.9 Å². The van der Waals surface area contributed by atoms with E-state index in [0.29, 0.717) is 19.7 Å². The van der Waals surface area contributed by atoms with Crippen LogP contribution in [0.25, 0.3) is 0 Å². The largest absolute Gasteiger partial charge is 0.469 e. The van der Waals surface area contributed by atoms with Crippen molar-refractivity contribution in [2.75, 3.05) is 26.8 Å². The van der Waals surface area contributed by atoms with Crippen molar-refractivity contribution in [3.8, 4) is 0 Å². The Morgan fingerprint density at radius 3 is 2.72 bits per heavy atom. The quantitative estimate of drug-likeness (QED) is 0.571. The van der Waals surface area contributed by atoms with Crippen molar-refractivity contribution in [3.63, 3.8) is 0 Å². The minimum atomic E-state index is -0.316. The number of carbonyl (C=O) groups excluding carboxylic acids is 2. The molecule has 2 atom stereocenters. The Labute approximate surface area is 108 Å². The molecular weight excluding hydrogens is 234 g/mol. The molecule has 0 bridgehead atoms. The molecule has 1 rings (SSSR count). The predicted molar refractivity (Wildman–Crippen MR) is 67.1 cm³/mol. The third-order valence-electron chi connectivity index (χ3n) is 3.44. The number of ether oxygens (including phenoxy) is 2. The fraction of sp³-hybridized carbons (Fsp3) is 0.846. The molecule has 0 N–H and O–H groups in total. The van der Waals surface area contributed by atoms with Gasteiger partial charge in [0.1, 0.15) is 0 Å². The van der Waals surface area contributed by atoms with Crippen LogP contribution in [0.1, 0.15) is 33.1 Å². The standard InChI is InChI=1S/C13H23NO4/c1-4-5-8-18-13(16)14-7-6-10(2)11(9-14)12(15)17-3/h10-11H,4-9H2,1-3H3. The summed E-state index contributed by atoms with van der Waals surface area (Å²) in [6.07, 6.45) is 2.36. The molecule has 1 amide bonds. The van der Waals surface area contributed by atoms with E-state index in [9.17, 15) is 9.59 Å². The van der Waals surface area contributed by atoms with E-state index in [1.807, 2.05) is 13.8 Å². The number of nitrogens with zero attached hydrogens (tertiary/aromatic N) is 1. The number of hydrogen-bond donors (Lipinski definition) is 0. The smallest absolute Gasteiger partial charge is 0.409 e. The molecule has 5 nitrogen and oxygen atoms in total. The van der Waals surface area contributed by atoms with Gasteiger partial charge in [-0.2, -0.15) is 0 Å². The number of unbranched alkanes of at least 4 members (excludes halogenated alkanes) is 1. The van der Waals surface area contributed by atoms with Crippen molar-refractivity contribution in [1.82, 2.24) is 4.90 Å². The molecule has 0 aliphatic carbocycles. The summed E-state index contributed by atoms with van der Waals surface area (Å²) in [5, 5.41) is 0. The highest BCUT2D eigenvalue weighted by atomic mass is 16.6. The van der Waals surface area contributed by atoms with Gasteiger partial charge in [0, 0.05) is 13.1 Å². The number of amides is 1. The van der Waals surface area contributed by atoms with Crippen LogP contribution in [-0.2, 0) is 14.3 Å².